The fourth-order valence-electron chi connectivity index (χ4n) is 8.83. The van der Waals surface area contributed by atoms with E-state index in [0.29, 0.717) is 23.3 Å². The van der Waals surface area contributed by atoms with Crippen LogP contribution < -0.4 is 14.2 Å². The highest BCUT2D eigenvalue weighted by molar-refractivity contribution is 5.71. The molecule has 0 fully saturated rings. The van der Waals surface area contributed by atoms with Crippen molar-refractivity contribution in [3.63, 3.8) is 0 Å². The molecule has 2 aromatic rings. The van der Waals surface area contributed by atoms with Crippen LogP contribution in [0.2, 0.25) is 0 Å². The first kappa shape index (κ1) is 45.8. The first-order chi connectivity index (χ1) is 24.2. The minimum Gasteiger partial charge on any atom is -0.507 e. The maximum Gasteiger partial charge on any atom is 0.308 e. The molecule has 0 amide bonds. The fourth-order valence-corrected chi connectivity index (χ4v) is 8.83. The van der Waals surface area contributed by atoms with E-state index in [1.807, 2.05) is 19.9 Å². The van der Waals surface area contributed by atoms with Crippen LogP contribution in [0, 0.1) is 11.8 Å². The van der Waals surface area contributed by atoms with Crippen LogP contribution in [0.25, 0.3) is 0 Å². The maximum atomic E-state index is 11.7. The topological polar surface area (TPSA) is 65.0 Å². The predicted molar refractivity (Wildman–Crippen MR) is 217 cm³/mol. The number of hydrogen-bond acceptors (Lipinski definition) is 5. The zero-order valence-corrected chi connectivity index (χ0v) is 34.7. The van der Waals surface area contributed by atoms with E-state index in [9.17, 15) is 9.90 Å². The molecule has 0 unspecified atom stereocenters. The zero-order valence-electron chi connectivity index (χ0n) is 34.7. The summed E-state index contributed by atoms with van der Waals surface area (Å²) in [5.41, 5.74) is 6.90. The van der Waals surface area contributed by atoms with Gasteiger partial charge in [0.05, 0.1) is 0 Å². The summed E-state index contributed by atoms with van der Waals surface area (Å²) in [7, 11) is 0. The molecule has 4 atom stereocenters. The third kappa shape index (κ3) is 10.9. The Hall–Kier alpha value is -3.35. The largest absolute Gasteiger partial charge is 0.507 e. The van der Waals surface area contributed by atoms with Gasteiger partial charge in [-0.1, -0.05) is 76.7 Å². The Bertz CT molecular complexity index is 1570. The van der Waals surface area contributed by atoms with Crippen LogP contribution in [0.1, 0.15) is 174 Å². The number of halogens is 2. The number of esters is 1. The second kappa shape index (κ2) is 19.8. The van der Waals surface area contributed by atoms with E-state index in [1.165, 1.54) is 61.3 Å². The van der Waals surface area contributed by atoms with Crippen molar-refractivity contribution in [1.29, 1.82) is 0 Å². The van der Waals surface area contributed by atoms with Gasteiger partial charge in [-0.3, -0.25) is 14.2 Å². The molecule has 2 aliphatic carbocycles. The summed E-state index contributed by atoms with van der Waals surface area (Å²) >= 11 is 0. The van der Waals surface area contributed by atoms with Crippen molar-refractivity contribution in [1.82, 2.24) is 0 Å². The summed E-state index contributed by atoms with van der Waals surface area (Å²) in [5, 5.41) is 10.7. The molecule has 298 valence electrons. The molecular weight excluding hydrogens is 670 g/mol. The Labute approximate surface area is 319 Å². The molecule has 0 aromatic heterocycles. The van der Waals surface area contributed by atoms with Crippen LogP contribution in [-0.2, 0) is 17.6 Å². The van der Waals surface area contributed by atoms with Gasteiger partial charge in [-0.25, -0.2) is 0 Å². The number of phenolic OH excluding ortho intramolecular Hbond substituents is 1. The van der Waals surface area contributed by atoms with Crippen molar-refractivity contribution in [3.05, 3.63) is 69.8 Å². The van der Waals surface area contributed by atoms with Gasteiger partial charge in [0.15, 0.2) is 0 Å². The normalized spacial score (nSPS) is 22.5. The first-order valence-electron chi connectivity index (χ1n) is 20.2. The Morgan fingerprint density at radius 3 is 1.62 bits per heavy atom. The number of rotatable bonds is 9. The molecule has 2 aliphatic heterocycles. The highest BCUT2D eigenvalue weighted by Gasteiger charge is 2.46. The van der Waals surface area contributed by atoms with Gasteiger partial charge >= 0.3 is 5.97 Å². The van der Waals surface area contributed by atoms with E-state index < -0.39 is 0 Å². The van der Waals surface area contributed by atoms with Gasteiger partial charge in [-0.2, -0.15) is 0 Å². The number of unbranched alkanes of at least 4 members (excludes halogenated alkanes) is 4. The molecule has 4 aliphatic rings. The van der Waals surface area contributed by atoms with Crippen LogP contribution in [0.15, 0.2) is 47.6 Å². The van der Waals surface area contributed by atoms with Crippen molar-refractivity contribution < 1.29 is 33.5 Å². The van der Waals surface area contributed by atoms with Gasteiger partial charge < -0.3 is 19.3 Å². The number of carbonyl (C=O) groups is 1. The van der Waals surface area contributed by atoms with E-state index in [2.05, 4.69) is 85.7 Å². The first-order valence-corrected chi connectivity index (χ1v) is 20.2. The third-order valence-corrected chi connectivity index (χ3v) is 11.4. The average molecular weight is 741 g/mol. The molecule has 0 radical (unpaired) electrons. The van der Waals surface area contributed by atoms with E-state index >= 15 is 0 Å². The van der Waals surface area contributed by atoms with Crippen LogP contribution in [0.3, 0.4) is 0 Å². The van der Waals surface area contributed by atoms with Gasteiger partial charge in [0, 0.05) is 41.7 Å². The molecule has 5 nitrogen and oxygen atoms in total. The average Bonchev–Trinajstić information content (AvgIpc) is 3.04. The van der Waals surface area contributed by atoms with Crippen molar-refractivity contribution in [3.8, 4) is 23.0 Å². The lowest BCUT2D eigenvalue weighted by molar-refractivity contribution is -0.132. The monoisotopic (exact) mass is 741 g/mol. The number of carbonyl (C=O) groups excluding carboxylic acids is 1. The summed E-state index contributed by atoms with van der Waals surface area (Å²) in [6.07, 6.45) is 18.4. The minimum atomic E-state index is -0.268. The summed E-state index contributed by atoms with van der Waals surface area (Å²) < 4.78 is 18.5. The number of aromatic hydroxyl groups is 1. The van der Waals surface area contributed by atoms with Crippen molar-refractivity contribution in [2.24, 2.45) is 11.8 Å². The molecule has 0 bridgehead atoms. The molecule has 0 saturated carbocycles. The van der Waals surface area contributed by atoms with Crippen molar-refractivity contribution in [2.45, 2.75) is 176 Å². The number of fused-ring (bicyclic) bond motifs is 6. The van der Waals surface area contributed by atoms with Gasteiger partial charge in [-0.05, 0) is 128 Å². The van der Waals surface area contributed by atoms with Crippen LogP contribution in [-0.4, -0.2) is 22.3 Å². The molecule has 0 saturated heterocycles. The van der Waals surface area contributed by atoms with E-state index in [0.717, 1.165) is 67.6 Å². The summed E-state index contributed by atoms with van der Waals surface area (Å²) in [6, 6.07) is 8.37. The van der Waals surface area contributed by atoms with Gasteiger partial charge in [-0.15, -0.1) is 0 Å². The molecule has 2 aromatic carbocycles. The Morgan fingerprint density at radius 2 is 1.17 bits per heavy atom. The second-order valence-electron chi connectivity index (χ2n) is 16.3. The Balaban J connectivity index is 0.000000340. The molecule has 0 spiro atoms. The van der Waals surface area contributed by atoms with E-state index in [4.69, 9.17) is 14.2 Å². The van der Waals surface area contributed by atoms with E-state index in [-0.39, 0.29) is 38.4 Å². The number of phenols is 1. The highest BCUT2D eigenvalue weighted by Crippen LogP contribution is 2.55. The summed E-state index contributed by atoms with van der Waals surface area (Å²) in [6.45, 7) is 23.1. The predicted octanol–water partition coefficient (Wildman–Crippen LogP) is 13.0. The Kier molecular flexibility index (Phi) is 17.1. The van der Waals surface area contributed by atoms with E-state index in [1.54, 1.807) is 0 Å². The smallest absolute Gasteiger partial charge is 0.308 e. The fraction of sp³-hybridized carbons (Fsp3) is 0.630. The number of benzene rings is 2. The maximum absolute atomic E-state index is 11.7. The number of aryl methyl sites for hydroxylation is 2. The zero-order chi connectivity index (χ0) is 37.5. The lowest BCUT2D eigenvalue weighted by Gasteiger charge is -2.46. The summed E-state index contributed by atoms with van der Waals surface area (Å²) in [4.78, 5) is 11.7. The quantitative estimate of drug-likeness (QED) is 0.120. The molecule has 6 rings (SSSR count). The van der Waals surface area contributed by atoms with Gasteiger partial charge in [0.1, 0.15) is 34.2 Å². The SMILES string of the molecule is CC.CCCCCc1cc(O)c2c(c1)OC(C)(C)[C@@H]1CCC(C)=C[C@@H]21.CCCCCc1cc(OC(C)=O)c2c(c1)OC(C)(C)[C@@H]1CCC(C)=C[C@@H]21.F.F. The minimum absolute atomic E-state index is 0. The lowest BCUT2D eigenvalue weighted by Crippen LogP contribution is -2.45. The summed E-state index contributed by atoms with van der Waals surface area (Å²) in [5.74, 6) is 4.02. The molecule has 53 heavy (non-hydrogen) atoms. The van der Waals surface area contributed by atoms with Gasteiger partial charge in [0.25, 0.3) is 0 Å². The number of hydrogen-bond donors (Lipinski definition) is 1. The van der Waals surface area contributed by atoms with Gasteiger partial charge in [0.2, 0.25) is 0 Å². The standard InChI is InChI=1S/C23H32O3.C21H30O2.C2H6.2FH/c1-6-7-8-9-17-13-20(25-16(3)24)22-18-12-15(2)10-11-19(18)23(4,5)26-21(22)14-17;1-5-6-7-8-15-12-18(22)20-16-11-14(2)9-10-17(16)21(3,4)23-19(20)13-15;1-2;;/h12-14,18-19H,6-11H2,1-5H3;11-13,16-17,22H,5-10H2,1-4H3;1-2H3;2*1H/t18-,19-;16-,17-;;;/m11.../s1. The van der Waals surface area contributed by atoms with Crippen LogP contribution in [0.4, 0.5) is 9.41 Å². The highest BCUT2D eigenvalue weighted by atomic mass is 19.0. The second-order valence-corrected chi connectivity index (χ2v) is 16.3. The van der Waals surface area contributed by atoms with Crippen LogP contribution >= 0.6 is 0 Å². The molecule has 1 N–H and O–H groups in total. The van der Waals surface area contributed by atoms with Crippen molar-refractivity contribution >= 4 is 5.97 Å². The van der Waals surface area contributed by atoms with Crippen molar-refractivity contribution in [2.75, 3.05) is 0 Å². The third-order valence-electron chi connectivity index (χ3n) is 11.4. The lowest BCUT2D eigenvalue weighted by atomic mass is 9.68. The van der Waals surface area contributed by atoms with Crippen LogP contribution in [0.5, 0.6) is 23.0 Å². The molecular formula is C46H70F2O5. The molecule has 7 heteroatoms. The Morgan fingerprint density at radius 1 is 0.736 bits per heavy atom. The number of allylic oxidation sites excluding steroid dienone is 4. The number of ether oxygens (including phenoxy) is 3. The molecule has 2 heterocycles.